The summed E-state index contributed by atoms with van der Waals surface area (Å²) in [5.41, 5.74) is 0. The normalized spacial score (nSPS) is 20.0. The molecule has 1 fully saturated rings. The molecule has 4 N–H and O–H groups in total. The number of carbonyl (C=O) groups is 1. The lowest BCUT2D eigenvalue weighted by atomic mass is 9.99. The molecule has 1 heterocycles. The highest BCUT2D eigenvalue weighted by Crippen LogP contribution is 2.26. The Balaban J connectivity index is 2.38. The number of allylic oxidation sites excluding steroid dienone is 10. The van der Waals surface area contributed by atoms with E-state index in [0.717, 1.165) is 83.5 Å². The second-order valence-electron chi connectivity index (χ2n) is 17.7. The van der Waals surface area contributed by atoms with Crippen LogP contribution in [-0.4, -0.2) is 97.5 Å². The molecular formula is C53H94O12S. The molecule has 6 unspecified atom stereocenters. The number of hydrogen-bond donors (Lipinski definition) is 4. The molecule has 0 saturated carbocycles. The number of unbranched alkanes of at least 4 members (excludes halogenated alkanes) is 22. The summed E-state index contributed by atoms with van der Waals surface area (Å²) in [6.45, 7) is 3.88. The predicted octanol–water partition coefficient (Wildman–Crippen LogP) is 12.1. The summed E-state index contributed by atoms with van der Waals surface area (Å²) in [5.74, 6) is -0.416. The summed E-state index contributed by atoms with van der Waals surface area (Å²) in [5, 5.41) is 30.8. The maximum absolute atomic E-state index is 12.9. The van der Waals surface area contributed by atoms with Crippen molar-refractivity contribution in [1.29, 1.82) is 0 Å². The van der Waals surface area contributed by atoms with Crippen molar-refractivity contribution in [3.05, 3.63) is 60.8 Å². The van der Waals surface area contributed by atoms with E-state index in [-0.39, 0.29) is 19.6 Å². The molecule has 0 aromatic rings. The van der Waals surface area contributed by atoms with Crippen LogP contribution in [0, 0.1) is 0 Å². The summed E-state index contributed by atoms with van der Waals surface area (Å²) in [7, 11) is -5.07. The Hall–Kier alpha value is -2.20. The predicted molar refractivity (Wildman–Crippen MR) is 266 cm³/mol. The molecule has 0 aliphatic carbocycles. The molecule has 0 spiro atoms. The van der Waals surface area contributed by atoms with Gasteiger partial charge in [-0.05, 0) is 57.8 Å². The van der Waals surface area contributed by atoms with Crippen LogP contribution in [0.15, 0.2) is 60.8 Å². The molecule has 6 atom stereocenters. The van der Waals surface area contributed by atoms with E-state index in [2.05, 4.69) is 78.8 Å². The van der Waals surface area contributed by atoms with Gasteiger partial charge in [-0.15, -0.1) is 0 Å². The molecule has 384 valence electrons. The smallest absolute Gasteiger partial charge is 0.397 e. The van der Waals surface area contributed by atoms with Crippen LogP contribution < -0.4 is 0 Å². The molecule has 1 saturated heterocycles. The van der Waals surface area contributed by atoms with Crippen LogP contribution in [0.3, 0.4) is 0 Å². The fourth-order valence-electron chi connectivity index (χ4n) is 7.76. The second kappa shape index (κ2) is 44.0. The summed E-state index contributed by atoms with van der Waals surface area (Å²) in [4.78, 5) is 12.9. The van der Waals surface area contributed by atoms with Crippen LogP contribution in [0.5, 0.6) is 0 Å². The van der Waals surface area contributed by atoms with Gasteiger partial charge in [0, 0.05) is 13.0 Å². The number of ether oxygens (including phenoxy) is 4. The van der Waals surface area contributed by atoms with Crippen LogP contribution in [0.25, 0.3) is 0 Å². The number of aliphatic hydroxyl groups excluding tert-OH is 3. The first-order chi connectivity index (χ1) is 32.1. The Bertz CT molecular complexity index is 1380. The average Bonchev–Trinajstić information content (AvgIpc) is 3.29. The fraction of sp³-hybridized carbons (Fsp3) is 0.792. The number of esters is 1. The molecule has 0 aromatic carbocycles. The fourth-order valence-corrected chi connectivity index (χ4v) is 8.27. The van der Waals surface area contributed by atoms with Crippen molar-refractivity contribution in [1.82, 2.24) is 0 Å². The van der Waals surface area contributed by atoms with Gasteiger partial charge >= 0.3 is 16.4 Å². The van der Waals surface area contributed by atoms with Crippen LogP contribution in [0.1, 0.15) is 206 Å². The van der Waals surface area contributed by atoms with Gasteiger partial charge in [0.25, 0.3) is 0 Å². The maximum atomic E-state index is 12.9. The minimum Gasteiger partial charge on any atom is -0.457 e. The number of hydrogen-bond acceptors (Lipinski definition) is 11. The molecular weight excluding hydrogens is 861 g/mol. The van der Waals surface area contributed by atoms with Crippen LogP contribution in [-0.2, 0) is 38.3 Å². The second-order valence-corrected chi connectivity index (χ2v) is 18.8. The number of aliphatic hydroxyl groups is 3. The van der Waals surface area contributed by atoms with E-state index >= 15 is 0 Å². The van der Waals surface area contributed by atoms with E-state index in [0.29, 0.717) is 13.0 Å². The minimum absolute atomic E-state index is 0.0281. The van der Waals surface area contributed by atoms with Crippen molar-refractivity contribution in [3.63, 3.8) is 0 Å². The van der Waals surface area contributed by atoms with E-state index in [1.807, 2.05) is 0 Å². The SMILES string of the molecule is CC/C=C\C/C=C\C/C=C\C/C=C\C/C=C\CCCCCCCC(=O)OC(COCCCCCCCCCCCCCCCCCCCC)COC1OC(CO)C(O)C(OS(=O)(=O)O)C1O. The van der Waals surface area contributed by atoms with Gasteiger partial charge in [0.1, 0.15) is 30.5 Å². The summed E-state index contributed by atoms with van der Waals surface area (Å²) < 4.78 is 59.3. The van der Waals surface area contributed by atoms with Gasteiger partial charge in [0.15, 0.2) is 6.29 Å². The molecule has 1 aliphatic rings. The van der Waals surface area contributed by atoms with E-state index in [1.54, 1.807) is 0 Å². The first-order valence-corrected chi connectivity index (χ1v) is 27.4. The minimum atomic E-state index is -5.07. The Morgan fingerprint density at radius 1 is 0.591 bits per heavy atom. The molecule has 66 heavy (non-hydrogen) atoms. The van der Waals surface area contributed by atoms with E-state index in [9.17, 15) is 33.1 Å². The van der Waals surface area contributed by atoms with Crippen LogP contribution in [0.2, 0.25) is 0 Å². The highest BCUT2D eigenvalue weighted by molar-refractivity contribution is 7.80. The largest absolute Gasteiger partial charge is 0.457 e. The first kappa shape index (κ1) is 61.8. The highest BCUT2D eigenvalue weighted by Gasteiger charge is 2.48. The molecule has 1 aliphatic heterocycles. The van der Waals surface area contributed by atoms with Crippen LogP contribution >= 0.6 is 0 Å². The zero-order valence-corrected chi connectivity index (χ0v) is 42.1. The lowest BCUT2D eigenvalue weighted by Gasteiger charge is -2.41. The number of rotatable bonds is 45. The zero-order valence-electron chi connectivity index (χ0n) is 41.2. The van der Waals surface area contributed by atoms with Crippen molar-refractivity contribution in [3.8, 4) is 0 Å². The maximum Gasteiger partial charge on any atom is 0.397 e. The molecule has 13 heteroatoms. The molecule has 1 rings (SSSR count). The standard InChI is InChI=1S/C53H94O12S/c1-3-5-7-9-11-13-15-17-19-21-23-24-25-26-28-30-32-34-36-38-40-42-49(55)63-47(46-62-53-51(57)52(65-66(58,59)60)50(56)48(44-54)64-53)45-61-43-41-39-37-35-33-31-29-27-22-20-18-16-14-12-10-8-6-4-2/h5,7,11,13,17,19,23-24,26,28,47-48,50-54,56-57H,3-4,6,8-10,12,14-16,18,20-22,25,27,29-46H2,1-2H3,(H,58,59,60)/b7-5-,13-11-,19-17-,24-23-,28-26-. The highest BCUT2D eigenvalue weighted by atomic mass is 32.3. The molecule has 0 bridgehead atoms. The van der Waals surface area contributed by atoms with Gasteiger partial charge in [-0.3, -0.25) is 9.35 Å². The van der Waals surface area contributed by atoms with Crippen molar-refractivity contribution >= 4 is 16.4 Å². The van der Waals surface area contributed by atoms with Crippen molar-refractivity contribution in [2.75, 3.05) is 26.4 Å². The monoisotopic (exact) mass is 955 g/mol. The lowest BCUT2D eigenvalue weighted by Crippen LogP contribution is -2.60. The third kappa shape index (κ3) is 36.8. The van der Waals surface area contributed by atoms with Crippen molar-refractivity contribution in [2.24, 2.45) is 0 Å². The number of carbonyl (C=O) groups excluding carboxylic acids is 1. The average molecular weight is 955 g/mol. The van der Waals surface area contributed by atoms with E-state index < -0.39 is 59.8 Å². The van der Waals surface area contributed by atoms with Crippen molar-refractivity contribution in [2.45, 2.75) is 243 Å². The van der Waals surface area contributed by atoms with Crippen LogP contribution in [0.4, 0.5) is 0 Å². The Kier molecular flexibility index (Phi) is 41.2. The molecule has 12 nitrogen and oxygen atoms in total. The van der Waals surface area contributed by atoms with Crippen molar-refractivity contribution < 1.29 is 56.2 Å². The molecule has 0 radical (unpaired) electrons. The topological polar surface area (TPSA) is 178 Å². The lowest BCUT2D eigenvalue weighted by molar-refractivity contribution is -0.301. The van der Waals surface area contributed by atoms with E-state index in [1.165, 1.54) is 96.3 Å². The summed E-state index contributed by atoms with van der Waals surface area (Å²) in [6, 6.07) is 0. The van der Waals surface area contributed by atoms with E-state index in [4.69, 9.17) is 18.9 Å². The Morgan fingerprint density at radius 3 is 1.53 bits per heavy atom. The molecule has 0 aromatic heterocycles. The quantitative estimate of drug-likeness (QED) is 0.0197. The molecule has 0 amide bonds. The Labute approximate surface area is 401 Å². The van der Waals surface area contributed by atoms with Gasteiger partial charge < -0.3 is 34.3 Å². The van der Waals surface area contributed by atoms with Gasteiger partial charge in [-0.1, -0.05) is 203 Å². The Morgan fingerprint density at radius 2 is 1.05 bits per heavy atom. The first-order valence-electron chi connectivity index (χ1n) is 26.0. The third-order valence-electron chi connectivity index (χ3n) is 11.7. The van der Waals surface area contributed by atoms with Gasteiger partial charge in [0.2, 0.25) is 0 Å². The zero-order chi connectivity index (χ0) is 48.2. The third-order valence-corrected chi connectivity index (χ3v) is 12.1. The van der Waals surface area contributed by atoms with Gasteiger partial charge in [-0.25, -0.2) is 4.18 Å². The van der Waals surface area contributed by atoms with Gasteiger partial charge in [-0.2, -0.15) is 8.42 Å². The summed E-state index contributed by atoms with van der Waals surface area (Å²) >= 11 is 0. The summed E-state index contributed by atoms with van der Waals surface area (Å²) in [6.07, 6.45) is 46.7. The van der Waals surface area contributed by atoms with Gasteiger partial charge in [0.05, 0.1) is 19.8 Å².